The molecule has 2 aromatic rings. The smallest absolute Gasteiger partial charge is 0.334 e. The van der Waals surface area contributed by atoms with E-state index in [1.807, 2.05) is 0 Å². The summed E-state index contributed by atoms with van der Waals surface area (Å²) < 4.78 is 23.3. The number of aliphatic carboxylic acids is 1. The van der Waals surface area contributed by atoms with Crippen LogP contribution in [0.5, 0.6) is 0 Å². The average Bonchev–Trinajstić information content (AvgIpc) is 2.76. The van der Waals surface area contributed by atoms with Crippen LogP contribution in [0.25, 0.3) is 11.0 Å². The van der Waals surface area contributed by atoms with Gasteiger partial charge in [-0.2, -0.15) is 0 Å². The number of rotatable bonds is 5. The molecule has 0 aliphatic carbocycles. The third-order valence-electron chi connectivity index (χ3n) is 3.11. The summed E-state index contributed by atoms with van der Waals surface area (Å²) in [6.07, 6.45) is -1.14. The Morgan fingerprint density at radius 2 is 2.19 bits per heavy atom. The van der Waals surface area contributed by atoms with Crippen molar-refractivity contribution in [1.82, 2.24) is 5.32 Å². The SMILES string of the molecule is COC(CNC(=O)c1oc2ccc(F)cc2c1C)C(=O)O. The van der Waals surface area contributed by atoms with Crippen LogP contribution < -0.4 is 5.32 Å². The molecule has 0 radical (unpaired) electrons. The minimum Gasteiger partial charge on any atom is -0.479 e. The number of carbonyl (C=O) groups is 2. The van der Waals surface area contributed by atoms with E-state index in [4.69, 9.17) is 14.3 Å². The first-order valence-corrected chi connectivity index (χ1v) is 6.16. The average molecular weight is 295 g/mol. The molecule has 0 bridgehead atoms. The lowest BCUT2D eigenvalue weighted by molar-refractivity contribution is -0.148. The number of carboxylic acids is 1. The third kappa shape index (κ3) is 3.03. The summed E-state index contributed by atoms with van der Waals surface area (Å²) in [6, 6.07) is 3.95. The molecule has 1 atom stereocenters. The Bertz CT molecular complexity index is 694. The van der Waals surface area contributed by atoms with Gasteiger partial charge < -0.3 is 19.6 Å². The quantitative estimate of drug-likeness (QED) is 0.876. The number of carboxylic acid groups (broad SMARTS) is 1. The number of hydrogen-bond acceptors (Lipinski definition) is 4. The van der Waals surface area contributed by atoms with Crippen molar-refractivity contribution >= 4 is 22.8 Å². The second-order valence-electron chi connectivity index (χ2n) is 4.47. The Morgan fingerprint density at radius 3 is 2.81 bits per heavy atom. The summed E-state index contributed by atoms with van der Waals surface area (Å²) in [5.74, 6) is -2.16. The number of fused-ring (bicyclic) bond motifs is 1. The number of nitrogens with one attached hydrogen (secondary N) is 1. The van der Waals surface area contributed by atoms with Crippen molar-refractivity contribution in [2.24, 2.45) is 0 Å². The van der Waals surface area contributed by atoms with Crippen molar-refractivity contribution in [2.75, 3.05) is 13.7 Å². The fourth-order valence-corrected chi connectivity index (χ4v) is 1.95. The van der Waals surface area contributed by atoms with Gasteiger partial charge in [0.25, 0.3) is 5.91 Å². The molecule has 112 valence electrons. The van der Waals surface area contributed by atoms with Gasteiger partial charge in [-0.25, -0.2) is 9.18 Å². The van der Waals surface area contributed by atoms with Crippen LogP contribution in [0.4, 0.5) is 4.39 Å². The molecule has 2 rings (SSSR count). The minimum atomic E-state index is -1.18. The molecule has 7 heteroatoms. The summed E-state index contributed by atoms with van der Waals surface area (Å²) in [4.78, 5) is 22.8. The summed E-state index contributed by atoms with van der Waals surface area (Å²) in [5.41, 5.74) is 0.881. The Labute approximate surface area is 119 Å². The van der Waals surface area contributed by atoms with E-state index < -0.39 is 23.8 Å². The van der Waals surface area contributed by atoms with Gasteiger partial charge in [0.2, 0.25) is 0 Å². The maximum atomic E-state index is 13.2. The normalized spacial score (nSPS) is 12.3. The largest absolute Gasteiger partial charge is 0.479 e. The molecular formula is C14H14FNO5. The van der Waals surface area contributed by atoms with Crippen LogP contribution >= 0.6 is 0 Å². The first kappa shape index (κ1) is 15.0. The first-order valence-electron chi connectivity index (χ1n) is 6.16. The van der Waals surface area contributed by atoms with E-state index in [-0.39, 0.29) is 12.3 Å². The van der Waals surface area contributed by atoms with Crippen LogP contribution in [0.15, 0.2) is 22.6 Å². The standard InChI is InChI=1S/C14H14FNO5/c1-7-9-5-8(15)3-4-10(9)21-12(7)13(17)16-6-11(20-2)14(18)19/h3-5,11H,6H2,1-2H3,(H,16,17)(H,18,19). The Kier molecular flexibility index (Phi) is 4.23. The number of halogens is 1. The summed E-state index contributed by atoms with van der Waals surface area (Å²) in [5, 5.41) is 11.7. The van der Waals surface area contributed by atoms with Gasteiger partial charge >= 0.3 is 5.97 Å². The van der Waals surface area contributed by atoms with Gasteiger partial charge in [0.1, 0.15) is 11.4 Å². The zero-order valence-corrected chi connectivity index (χ0v) is 11.5. The molecule has 2 N–H and O–H groups in total. The molecule has 0 aliphatic rings. The number of amides is 1. The number of furan rings is 1. The van der Waals surface area contributed by atoms with E-state index in [2.05, 4.69) is 5.32 Å². The van der Waals surface area contributed by atoms with Gasteiger partial charge in [-0.1, -0.05) is 0 Å². The van der Waals surface area contributed by atoms with Crippen LogP contribution in [-0.2, 0) is 9.53 Å². The van der Waals surface area contributed by atoms with Gasteiger partial charge in [-0.05, 0) is 25.1 Å². The van der Waals surface area contributed by atoms with Crippen molar-refractivity contribution in [3.63, 3.8) is 0 Å². The Morgan fingerprint density at radius 1 is 1.48 bits per heavy atom. The van der Waals surface area contributed by atoms with Crippen molar-refractivity contribution in [1.29, 1.82) is 0 Å². The second-order valence-corrected chi connectivity index (χ2v) is 4.47. The van der Waals surface area contributed by atoms with Crippen molar-refractivity contribution < 1.29 is 28.2 Å². The van der Waals surface area contributed by atoms with E-state index in [0.717, 1.165) is 0 Å². The molecule has 1 heterocycles. The summed E-state index contributed by atoms with van der Waals surface area (Å²) in [6.45, 7) is 1.43. The third-order valence-corrected chi connectivity index (χ3v) is 3.11. The van der Waals surface area contributed by atoms with Crippen molar-refractivity contribution in [3.05, 3.63) is 35.3 Å². The summed E-state index contributed by atoms with van der Waals surface area (Å²) >= 11 is 0. The molecule has 1 aromatic carbocycles. The Balaban J connectivity index is 2.20. The highest BCUT2D eigenvalue weighted by atomic mass is 19.1. The number of carbonyl (C=O) groups excluding carboxylic acids is 1. The molecule has 1 unspecified atom stereocenters. The molecule has 0 saturated heterocycles. The maximum absolute atomic E-state index is 13.2. The van der Waals surface area contributed by atoms with E-state index in [1.165, 1.54) is 25.3 Å². The molecule has 0 fully saturated rings. The lowest BCUT2D eigenvalue weighted by Crippen LogP contribution is -2.37. The Hall–Kier alpha value is -2.41. The molecule has 0 aliphatic heterocycles. The van der Waals surface area contributed by atoms with Crippen LogP contribution in [-0.4, -0.2) is 36.7 Å². The molecule has 0 saturated carbocycles. The van der Waals surface area contributed by atoms with Crippen LogP contribution in [0, 0.1) is 12.7 Å². The number of methoxy groups -OCH3 is 1. The fraction of sp³-hybridized carbons (Fsp3) is 0.286. The minimum absolute atomic E-state index is 0.0239. The van der Waals surface area contributed by atoms with Crippen LogP contribution in [0.2, 0.25) is 0 Å². The first-order chi connectivity index (χ1) is 9.93. The van der Waals surface area contributed by atoms with Crippen LogP contribution in [0.1, 0.15) is 16.1 Å². The van der Waals surface area contributed by atoms with Crippen molar-refractivity contribution in [2.45, 2.75) is 13.0 Å². The second kappa shape index (κ2) is 5.92. The number of ether oxygens (including phenoxy) is 1. The number of benzene rings is 1. The van der Waals surface area contributed by atoms with E-state index in [1.54, 1.807) is 6.92 Å². The zero-order valence-electron chi connectivity index (χ0n) is 11.5. The van der Waals surface area contributed by atoms with Gasteiger partial charge in [0, 0.05) is 18.1 Å². The highest BCUT2D eigenvalue weighted by Gasteiger charge is 2.21. The van der Waals surface area contributed by atoms with Crippen molar-refractivity contribution in [3.8, 4) is 0 Å². The highest BCUT2D eigenvalue weighted by molar-refractivity contribution is 5.99. The molecule has 21 heavy (non-hydrogen) atoms. The fourth-order valence-electron chi connectivity index (χ4n) is 1.95. The lowest BCUT2D eigenvalue weighted by Gasteiger charge is -2.10. The van der Waals surface area contributed by atoms with Gasteiger partial charge in [-0.15, -0.1) is 0 Å². The van der Waals surface area contributed by atoms with Gasteiger partial charge in [0.05, 0.1) is 6.54 Å². The predicted molar refractivity (Wildman–Crippen MR) is 71.7 cm³/mol. The molecule has 1 aromatic heterocycles. The lowest BCUT2D eigenvalue weighted by atomic mass is 10.1. The van der Waals surface area contributed by atoms with E-state index in [9.17, 15) is 14.0 Å². The molecular weight excluding hydrogens is 281 g/mol. The van der Waals surface area contributed by atoms with E-state index in [0.29, 0.717) is 16.5 Å². The van der Waals surface area contributed by atoms with Gasteiger partial charge in [-0.3, -0.25) is 4.79 Å². The highest BCUT2D eigenvalue weighted by Crippen LogP contribution is 2.25. The molecule has 0 spiro atoms. The van der Waals surface area contributed by atoms with Crippen LogP contribution in [0.3, 0.4) is 0 Å². The topological polar surface area (TPSA) is 88.8 Å². The number of hydrogen-bond donors (Lipinski definition) is 2. The van der Waals surface area contributed by atoms with Gasteiger partial charge in [0.15, 0.2) is 11.9 Å². The summed E-state index contributed by atoms with van der Waals surface area (Å²) in [7, 11) is 1.24. The maximum Gasteiger partial charge on any atom is 0.334 e. The monoisotopic (exact) mass is 295 g/mol. The zero-order chi connectivity index (χ0) is 15.6. The number of aryl methyl sites for hydroxylation is 1. The molecule has 6 nitrogen and oxygen atoms in total. The van der Waals surface area contributed by atoms with E-state index >= 15 is 0 Å². The molecule has 1 amide bonds. The predicted octanol–water partition coefficient (Wildman–Crippen LogP) is 1.71.